The molecular formula is C29H40N2O3S. The lowest BCUT2D eigenvalue weighted by Gasteiger charge is -2.37. The Morgan fingerprint density at radius 3 is 2.66 bits per heavy atom. The van der Waals surface area contributed by atoms with E-state index in [9.17, 15) is 9.59 Å². The quantitative estimate of drug-likeness (QED) is 0.372. The van der Waals surface area contributed by atoms with Gasteiger partial charge in [0.25, 0.3) is 0 Å². The molecule has 4 rings (SSSR count). The Kier molecular flexibility index (Phi) is 9.38. The third-order valence-corrected chi connectivity index (χ3v) is 8.52. The number of hydrogen-bond acceptors (Lipinski definition) is 4. The van der Waals surface area contributed by atoms with Crippen LogP contribution in [0.1, 0.15) is 79.5 Å². The predicted molar refractivity (Wildman–Crippen MR) is 142 cm³/mol. The first-order valence-corrected chi connectivity index (χ1v) is 14.2. The first-order valence-electron chi connectivity index (χ1n) is 13.3. The van der Waals surface area contributed by atoms with Gasteiger partial charge in [-0.05, 0) is 61.6 Å². The van der Waals surface area contributed by atoms with Gasteiger partial charge in [-0.3, -0.25) is 9.59 Å². The van der Waals surface area contributed by atoms with Crippen molar-refractivity contribution in [3.8, 4) is 0 Å². The van der Waals surface area contributed by atoms with E-state index in [4.69, 9.17) is 4.74 Å². The number of aryl methyl sites for hydroxylation is 1. The molecular weight excluding hydrogens is 456 g/mol. The van der Waals surface area contributed by atoms with Gasteiger partial charge in [0.15, 0.2) is 0 Å². The molecule has 0 radical (unpaired) electrons. The summed E-state index contributed by atoms with van der Waals surface area (Å²) in [6.45, 7) is 6.76. The third-order valence-electron chi connectivity index (χ3n) is 7.52. The molecule has 1 atom stereocenters. The zero-order chi connectivity index (χ0) is 24.6. The molecule has 2 aromatic rings. The molecule has 1 aliphatic heterocycles. The van der Waals surface area contributed by atoms with Gasteiger partial charge in [0.2, 0.25) is 11.8 Å². The number of ether oxygens (including phenoxy) is 1. The normalized spacial score (nSPS) is 18.0. The second-order valence-corrected chi connectivity index (χ2v) is 11.0. The molecule has 0 N–H and O–H groups in total. The van der Waals surface area contributed by atoms with Gasteiger partial charge < -0.3 is 14.5 Å². The second-order valence-electron chi connectivity index (χ2n) is 10.0. The number of amides is 2. The Balaban J connectivity index is 1.48. The zero-order valence-electron chi connectivity index (χ0n) is 21.3. The lowest BCUT2D eigenvalue weighted by molar-refractivity contribution is -0.142. The number of fused-ring (bicyclic) bond motifs is 1. The van der Waals surface area contributed by atoms with Gasteiger partial charge in [0.1, 0.15) is 0 Å². The fourth-order valence-electron chi connectivity index (χ4n) is 5.53. The topological polar surface area (TPSA) is 49.9 Å². The van der Waals surface area contributed by atoms with Gasteiger partial charge in [-0.25, -0.2) is 0 Å². The Hall–Kier alpha value is -2.18. The minimum atomic E-state index is -0.0861. The number of rotatable bonds is 11. The van der Waals surface area contributed by atoms with Crippen molar-refractivity contribution in [3.05, 3.63) is 57.3 Å². The van der Waals surface area contributed by atoms with E-state index >= 15 is 0 Å². The van der Waals surface area contributed by atoms with E-state index in [2.05, 4.69) is 42.6 Å². The Morgan fingerprint density at radius 2 is 1.91 bits per heavy atom. The fraction of sp³-hybridized carbons (Fsp3) is 0.586. The molecule has 6 heteroatoms. The highest BCUT2D eigenvalue weighted by Crippen LogP contribution is 2.38. The van der Waals surface area contributed by atoms with Crippen LogP contribution in [0.25, 0.3) is 0 Å². The lowest BCUT2D eigenvalue weighted by Crippen LogP contribution is -2.47. The van der Waals surface area contributed by atoms with Crippen molar-refractivity contribution >= 4 is 23.2 Å². The molecule has 35 heavy (non-hydrogen) atoms. The van der Waals surface area contributed by atoms with E-state index in [1.807, 2.05) is 11.8 Å². The standard InChI is InChI=1S/C29H40N2O3S/c1-3-34-19-6-17-30(27(32)14-11-23-7-4-5-8-23)21-28(33)31-18-15-26-25(16-20-35-26)29(31)24-12-9-22(2)10-13-24/h9-10,12-13,16,20,23,29H,3-8,11,14-15,17-19,21H2,1-2H3. The summed E-state index contributed by atoms with van der Waals surface area (Å²) in [5.74, 6) is 0.824. The van der Waals surface area contributed by atoms with E-state index < -0.39 is 0 Å². The summed E-state index contributed by atoms with van der Waals surface area (Å²) in [5.41, 5.74) is 3.58. The summed E-state index contributed by atoms with van der Waals surface area (Å²) < 4.78 is 5.51. The minimum Gasteiger partial charge on any atom is -0.382 e. The number of carbonyl (C=O) groups excluding carboxylic acids is 2. The van der Waals surface area contributed by atoms with Crippen LogP contribution in [0.2, 0.25) is 0 Å². The van der Waals surface area contributed by atoms with Gasteiger partial charge in [-0.1, -0.05) is 55.5 Å². The van der Waals surface area contributed by atoms with Gasteiger partial charge in [-0.15, -0.1) is 11.3 Å². The van der Waals surface area contributed by atoms with E-state index in [0.29, 0.717) is 38.6 Å². The highest BCUT2D eigenvalue weighted by atomic mass is 32.1. The fourth-order valence-corrected chi connectivity index (χ4v) is 6.43. The van der Waals surface area contributed by atoms with E-state index in [0.717, 1.165) is 24.8 Å². The summed E-state index contributed by atoms with van der Waals surface area (Å²) in [4.78, 5) is 32.2. The van der Waals surface area contributed by atoms with Crippen molar-refractivity contribution < 1.29 is 14.3 Å². The monoisotopic (exact) mass is 496 g/mol. The molecule has 1 aromatic heterocycles. The first kappa shape index (κ1) is 25.9. The number of nitrogens with zero attached hydrogens (tertiary/aromatic N) is 2. The maximum atomic E-state index is 13.7. The maximum absolute atomic E-state index is 13.7. The van der Waals surface area contributed by atoms with Gasteiger partial charge in [0.05, 0.1) is 12.6 Å². The number of thiophene rings is 1. The molecule has 0 saturated heterocycles. The molecule has 2 heterocycles. The van der Waals surface area contributed by atoms with Crippen LogP contribution in [0.4, 0.5) is 0 Å². The third kappa shape index (κ3) is 6.73. The average molecular weight is 497 g/mol. The molecule has 0 spiro atoms. The Labute approximate surface area is 214 Å². The summed E-state index contributed by atoms with van der Waals surface area (Å²) in [6, 6.07) is 10.6. The molecule has 1 aromatic carbocycles. The molecule has 190 valence electrons. The summed E-state index contributed by atoms with van der Waals surface area (Å²) in [5, 5.41) is 2.13. The van der Waals surface area contributed by atoms with Crippen LogP contribution in [0, 0.1) is 12.8 Å². The van der Waals surface area contributed by atoms with Gasteiger partial charge in [-0.2, -0.15) is 0 Å². The lowest BCUT2D eigenvalue weighted by atomic mass is 9.92. The smallest absolute Gasteiger partial charge is 0.242 e. The van der Waals surface area contributed by atoms with Crippen molar-refractivity contribution in [2.45, 2.75) is 71.3 Å². The predicted octanol–water partition coefficient (Wildman–Crippen LogP) is 5.76. The molecule has 1 unspecified atom stereocenters. The molecule has 2 aliphatic rings. The summed E-state index contributed by atoms with van der Waals surface area (Å²) in [6.07, 6.45) is 8.18. The van der Waals surface area contributed by atoms with Crippen LogP contribution in [0.5, 0.6) is 0 Å². The zero-order valence-corrected chi connectivity index (χ0v) is 22.2. The van der Waals surface area contributed by atoms with Crippen LogP contribution >= 0.6 is 11.3 Å². The van der Waals surface area contributed by atoms with Crippen LogP contribution in [-0.4, -0.2) is 54.5 Å². The van der Waals surface area contributed by atoms with Crippen LogP contribution < -0.4 is 0 Å². The number of carbonyl (C=O) groups is 2. The molecule has 0 bridgehead atoms. The second kappa shape index (κ2) is 12.7. The summed E-state index contributed by atoms with van der Waals surface area (Å²) in [7, 11) is 0. The highest BCUT2D eigenvalue weighted by Gasteiger charge is 2.34. The van der Waals surface area contributed by atoms with E-state index in [1.165, 1.54) is 41.7 Å². The van der Waals surface area contributed by atoms with E-state index in [-0.39, 0.29) is 24.4 Å². The van der Waals surface area contributed by atoms with E-state index in [1.54, 1.807) is 16.2 Å². The minimum absolute atomic E-state index is 0.0399. The Bertz CT molecular complexity index is 965. The molecule has 2 amide bonds. The van der Waals surface area contributed by atoms with Crippen molar-refractivity contribution in [1.82, 2.24) is 9.80 Å². The number of benzene rings is 1. The summed E-state index contributed by atoms with van der Waals surface area (Å²) >= 11 is 1.78. The molecule has 1 fully saturated rings. The average Bonchev–Trinajstić information content (AvgIpc) is 3.56. The van der Waals surface area contributed by atoms with Crippen molar-refractivity contribution in [2.24, 2.45) is 5.92 Å². The number of hydrogen-bond donors (Lipinski definition) is 0. The first-order chi connectivity index (χ1) is 17.1. The maximum Gasteiger partial charge on any atom is 0.242 e. The van der Waals surface area contributed by atoms with Gasteiger partial charge >= 0.3 is 0 Å². The molecule has 5 nitrogen and oxygen atoms in total. The molecule has 1 saturated carbocycles. The van der Waals surface area contributed by atoms with Crippen LogP contribution in [0.3, 0.4) is 0 Å². The Morgan fingerprint density at radius 1 is 1.14 bits per heavy atom. The van der Waals surface area contributed by atoms with Crippen molar-refractivity contribution in [3.63, 3.8) is 0 Å². The van der Waals surface area contributed by atoms with Crippen LogP contribution in [-0.2, 0) is 20.7 Å². The largest absolute Gasteiger partial charge is 0.382 e. The van der Waals surface area contributed by atoms with Gasteiger partial charge in [0, 0.05) is 37.6 Å². The molecule has 1 aliphatic carbocycles. The highest BCUT2D eigenvalue weighted by molar-refractivity contribution is 7.10. The van der Waals surface area contributed by atoms with Crippen molar-refractivity contribution in [1.29, 1.82) is 0 Å². The van der Waals surface area contributed by atoms with Crippen LogP contribution in [0.15, 0.2) is 35.7 Å². The van der Waals surface area contributed by atoms with Crippen molar-refractivity contribution in [2.75, 3.05) is 32.8 Å². The SMILES string of the molecule is CCOCCCN(CC(=O)N1CCc2sccc2C1c1ccc(C)cc1)C(=O)CCC1CCCC1.